The normalized spacial score (nSPS) is 19.6. The predicted octanol–water partition coefficient (Wildman–Crippen LogP) is 4.48. The number of fused-ring (bicyclic) bond motifs is 1. The molecule has 1 atom stereocenters. The lowest BCUT2D eigenvalue weighted by Crippen LogP contribution is -2.44. The van der Waals surface area contributed by atoms with Crippen LogP contribution in [0.4, 0.5) is 9.93 Å². The van der Waals surface area contributed by atoms with Crippen molar-refractivity contribution in [2.75, 3.05) is 11.9 Å². The molecule has 0 saturated carbocycles. The van der Waals surface area contributed by atoms with Crippen molar-refractivity contribution < 1.29 is 14.4 Å². The molecular weight excluding hydrogens is 448 g/mol. The Hall–Kier alpha value is -3.52. The molecule has 1 aromatic heterocycles. The van der Waals surface area contributed by atoms with Crippen LogP contribution < -0.4 is 10.6 Å². The molecule has 0 radical (unpaired) electrons. The summed E-state index contributed by atoms with van der Waals surface area (Å²) in [5.74, 6) is -0.884. The Morgan fingerprint density at radius 3 is 2.65 bits per heavy atom. The van der Waals surface area contributed by atoms with Gasteiger partial charge in [-0.15, -0.1) is 11.3 Å². The highest BCUT2D eigenvalue weighted by Crippen LogP contribution is 2.33. The Labute approximate surface area is 202 Å². The molecule has 5 rings (SSSR count). The van der Waals surface area contributed by atoms with Crippen LogP contribution in [-0.4, -0.2) is 34.3 Å². The van der Waals surface area contributed by atoms with E-state index in [1.165, 1.54) is 35.3 Å². The number of hydrogen-bond acceptors (Lipinski definition) is 5. The Balaban J connectivity index is 1.27. The number of hydrogen-bond donors (Lipinski definition) is 2. The molecule has 0 bridgehead atoms. The number of nitrogens with one attached hydrogen (secondary N) is 2. The first-order valence-electron chi connectivity index (χ1n) is 11.6. The summed E-state index contributed by atoms with van der Waals surface area (Å²) in [7, 11) is 0. The standard InChI is InChI=1S/C26H26N4O3S/c1-2-26(20-10-4-3-5-11-20)23(32)30(25(33)29-26)15-22(31)28-24-27-21(16-34-24)19-13-12-17-8-6-7-9-18(17)14-19/h3-5,10-14,16H,2,6-9,15H2,1H3,(H,29,33)(H,27,28,31)/t26-/m1/s1. The monoisotopic (exact) mass is 474 g/mol. The van der Waals surface area contributed by atoms with Crippen molar-refractivity contribution in [1.29, 1.82) is 0 Å². The summed E-state index contributed by atoms with van der Waals surface area (Å²) in [5, 5.41) is 7.89. The molecule has 1 aliphatic heterocycles. The first-order valence-corrected chi connectivity index (χ1v) is 12.5. The maximum absolute atomic E-state index is 13.2. The number of carbonyl (C=O) groups excluding carboxylic acids is 3. The van der Waals surface area contributed by atoms with Gasteiger partial charge < -0.3 is 10.6 Å². The SMILES string of the molecule is CC[C@]1(c2ccccc2)NC(=O)N(CC(=O)Nc2nc(-c3ccc4c(c3)CCCC4)cs2)C1=O. The Morgan fingerprint density at radius 1 is 1.12 bits per heavy atom. The number of thiazole rings is 1. The number of aromatic nitrogens is 1. The van der Waals surface area contributed by atoms with Gasteiger partial charge in [-0.05, 0) is 54.9 Å². The fraction of sp³-hybridized carbons (Fsp3) is 0.308. The van der Waals surface area contributed by atoms with Crippen molar-refractivity contribution >= 4 is 34.3 Å². The topological polar surface area (TPSA) is 91.4 Å². The summed E-state index contributed by atoms with van der Waals surface area (Å²) < 4.78 is 0. The molecule has 34 heavy (non-hydrogen) atoms. The van der Waals surface area contributed by atoms with Crippen molar-refractivity contribution in [2.45, 2.75) is 44.6 Å². The molecule has 1 aliphatic carbocycles. The molecule has 2 heterocycles. The number of rotatable bonds is 6. The van der Waals surface area contributed by atoms with Gasteiger partial charge in [-0.2, -0.15) is 0 Å². The van der Waals surface area contributed by atoms with Gasteiger partial charge in [0.05, 0.1) is 5.69 Å². The van der Waals surface area contributed by atoms with Gasteiger partial charge in [0.25, 0.3) is 5.91 Å². The van der Waals surface area contributed by atoms with Crippen molar-refractivity contribution in [1.82, 2.24) is 15.2 Å². The number of urea groups is 1. The predicted molar refractivity (Wildman–Crippen MR) is 131 cm³/mol. The van der Waals surface area contributed by atoms with Gasteiger partial charge in [-0.3, -0.25) is 14.5 Å². The minimum absolute atomic E-state index is 0.368. The summed E-state index contributed by atoms with van der Waals surface area (Å²) in [6.45, 7) is 1.47. The average molecular weight is 475 g/mol. The van der Waals surface area contributed by atoms with Gasteiger partial charge in [0, 0.05) is 10.9 Å². The zero-order chi connectivity index (χ0) is 23.7. The number of aryl methyl sites for hydroxylation is 2. The van der Waals surface area contributed by atoms with Gasteiger partial charge in [0.15, 0.2) is 5.13 Å². The van der Waals surface area contributed by atoms with E-state index in [1.807, 2.05) is 42.6 Å². The van der Waals surface area contributed by atoms with Gasteiger partial charge in [-0.1, -0.05) is 49.4 Å². The second-order valence-corrected chi connectivity index (χ2v) is 9.58. The van der Waals surface area contributed by atoms with E-state index in [4.69, 9.17) is 0 Å². The van der Waals surface area contributed by atoms with Crippen LogP contribution in [0, 0.1) is 0 Å². The van der Waals surface area contributed by atoms with Crippen LogP contribution in [0.25, 0.3) is 11.3 Å². The van der Waals surface area contributed by atoms with Crippen molar-refractivity contribution in [3.8, 4) is 11.3 Å². The minimum Gasteiger partial charge on any atom is -0.319 e. The summed E-state index contributed by atoms with van der Waals surface area (Å²) in [4.78, 5) is 44.1. The van der Waals surface area contributed by atoms with Crippen LogP contribution in [-0.2, 0) is 28.0 Å². The lowest BCUT2D eigenvalue weighted by Gasteiger charge is -2.25. The zero-order valence-corrected chi connectivity index (χ0v) is 19.8. The van der Waals surface area contributed by atoms with Crippen LogP contribution in [0.1, 0.15) is 42.9 Å². The first kappa shape index (κ1) is 22.3. The summed E-state index contributed by atoms with van der Waals surface area (Å²) in [5.41, 5.74) is 4.16. The molecule has 7 nitrogen and oxygen atoms in total. The quantitative estimate of drug-likeness (QED) is 0.515. The van der Waals surface area contributed by atoms with E-state index in [-0.39, 0.29) is 6.54 Å². The van der Waals surface area contributed by atoms with Crippen molar-refractivity contribution in [2.24, 2.45) is 0 Å². The largest absolute Gasteiger partial charge is 0.325 e. The van der Waals surface area contributed by atoms with E-state index in [0.717, 1.165) is 29.0 Å². The molecular formula is C26H26N4O3S. The molecule has 2 aliphatic rings. The van der Waals surface area contributed by atoms with E-state index >= 15 is 0 Å². The van der Waals surface area contributed by atoms with E-state index in [1.54, 1.807) is 0 Å². The number of nitrogens with zero attached hydrogens (tertiary/aromatic N) is 2. The Morgan fingerprint density at radius 2 is 1.88 bits per heavy atom. The lowest BCUT2D eigenvalue weighted by atomic mass is 9.87. The molecule has 0 unspecified atom stereocenters. The molecule has 4 amide bonds. The highest BCUT2D eigenvalue weighted by atomic mass is 32.1. The van der Waals surface area contributed by atoms with Crippen LogP contribution in [0.3, 0.4) is 0 Å². The maximum atomic E-state index is 13.2. The smallest absolute Gasteiger partial charge is 0.319 e. The molecule has 174 valence electrons. The molecule has 2 N–H and O–H groups in total. The van der Waals surface area contributed by atoms with Crippen LogP contribution in [0.15, 0.2) is 53.9 Å². The summed E-state index contributed by atoms with van der Waals surface area (Å²) in [6, 6.07) is 15.0. The second kappa shape index (κ2) is 9.02. The number of amides is 4. The highest BCUT2D eigenvalue weighted by molar-refractivity contribution is 7.14. The average Bonchev–Trinajstić information content (AvgIpc) is 3.42. The van der Waals surface area contributed by atoms with Gasteiger partial charge in [0.1, 0.15) is 12.1 Å². The number of imide groups is 1. The third-order valence-electron chi connectivity index (χ3n) is 6.67. The van der Waals surface area contributed by atoms with Gasteiger partial charge in [0.2, 0.25) is 5.91 Å². The fourth-order valence-corrected chi connectivity index (χ4v) is 5.53. The first-order chi connectivity index (χ1) is 16.5. The zero-order valence-electron chi connectivity index (χ0n) is 19.0. The van der Waals surface area contributed by atoms with E-state index < -0.39 is 23.4 Å². The number of carbonyl (C=O) groups is 3. The van der Waals surface area contributed by atoms with E-state index in [9.17, 15) is 14.4 Å². The second-order valence-electron chi connectivity index (χ2n) is 8.72. The highest BCUT2D eigenvalue weighted by Gasteiger charge is 2.51. The Kier molecular flexibility index (Phi) is 5.91. The fourth-order valence-electron chi connectivity index (χ4n) is 4.79. The van der Waals surface area contributed by atoms with Crippen LogP contribution >= 0.6 is 11.3 Å². The van der Waals surface area contributed by atoms with Crippen LogP contribution in [0.5, 0.6) is 0 Å². The van der Waals surface area contributed by atoms with Gasteiger partial charge in [-0.25, -0.2) is 9.78 Å². The van der Waals surface area contributed by atoms with Crippen LogP contribution in [0.2, 0.25) is 0 Å². The molecule has 2 aromatic carbocycles. The molecule has 3 aromatic rings. The summed E-state index contributed by atoms with van der Waals surface area (Å²) >= 11 is 1.32. The maximum Gasteiger partial charge on any atom is 0.325 e. The molecule has 1 fully saturated rings. The molecule has 0 spiro atoms. The summed E-state index contributed by atoms with van der Waals surface area (Å²) in [6.07, 6.45) is 5.05. The lowest BCUT2D eigenvalue weighted by molar-refractivity contribution is -0.134. The van der Waals surface area contributed by atoms with Gasteiger partial charge >= 0.3 is 6.03 Å². The molecule has 8 heteroatoms. The number of benzene rings is 2. The minimum atomic E-state index is -1.15. The van der Waals surface area contributed by atoms with Crippen molar-refractivity contribution in [3.63, 3.8) is 0 Å². The van der Waals surface area contributed by atoms with Crippen molar-refractivity contribution in [3.05, 3.63) is 70.6 Å². The third kappa shape index (κ3) is 3.98. The van der Waals surface area contributed by atoms with E-state index in [2.05, 4.69) is 33.8 Å². The Bertz CT molecular complexity index is 1260. The van der Waals surface area contributed by atoms with E-state index in [0.29, 0.717) is 17.1 Å². The molecule has 1 saturated heterocycles. The third-order valence-corrected chi connectivity index (χ3v) is 7.43. The number of anilines is 1.